The molecule has 1 heterocycles. The number of likely N-dealkylation sites (N-methyl/N-ethyl adjacent to an activating group) is 1. The van der Waals surface area contributed by atoms with Crippen molar-refractivity contribution in [3.63, 3.8) is 0 Å². The van der Waals surface area contributed by atoms with Crippen LogP contribution >= 0.6 is 0 Å². The number of aromatic nitrogens is 1. The summed E-state index contributed by atoms with van der Waals surface area (Å²) in [7, 11) is 3.87. The highest BCUT2D eigenvalue weighted by Crippen LogP contribution is 2.35. The van der Waals surface area contributed by atoms with Gasteiger partial charge in [0.15, 0.2) is 6.29 Å². The van der Waals surface area contributed by atoms with Crippen LogP contribution < -0.4 is 21.3 Å². The molecule has 9 heteroatoms. The summed E-state index contributed by atoms with van der Waals surface area (Å²) in [5, 5.41) is 12.8. The first kappa shape index (κ1) is 34.7. The van der Waals surface area contributed by atoms with E-state index in [9.17, 15) is 14.4 Å². The minimum absolute atomic E-state index is 0.132. The van der Waals surface area contributed by atoms with E-state index in [1.54, 1.807) is 18.2 Å². The SMILES string of the molecule is CCCCN(C)CCNC(=O)c1c(C)[nH]c(/C=C(\C=O)c2cccc(Nc3cc(NC(=O)c4ccccc4)ccc3C)c2NC)c1C. The van der Waals surface area contributed by atoms with Gasteiger partial charge in [-0.05, 0) is 88.3 Å². The molecule has 0 aliphatic carbocycles. The normalized spacial score (nSPS) is 11.3. The number of nitrogens with zero attached hydrogens (tertiary/aromatic N) is 1. The molecule has 9 nitrogen and oxygen atoms in total. The third kappa shape index (κ3) is 8.77. The first-order valence-corrected chi connectivity index (χ1v) is 16.0. The Morgan fingerprint density at radius 1 is 0.915 bits per heavy atom. The van der Waals surface area contributed by atoms with Gasteiger partial charge < -0.3 is 31.2 Å². The van der Waals surface area contributed by atoms with Crippen molar-refractivity contribution in [1.82, 2.24) is 15.2 Å². The van der Waals surface area contributed by atoms with Crippen LogP contribution in [0.1, 0.15) is 68.6 Å². The van der Waals surface area contributed by atoms with Crippen LogP contribution in [0.25, 0.3) is 11.6 Å². The van der Waals surface area contributed by atoms with Crippen LogP contribution in [0, 0.1) is 20.8 Å². The van der Waals surface area contributed by atoms with E-state index in [0.29, 0.717) is 40.2 Å². The summed E-state index contributed by atoms with van der Waals surface area (Å²) in [5.41, 5.74) is 8.49. The van der Waals surface area contributed by atoms with E-state index in [0.717, 1.165) is 66.1 Å². The van der Waals surface area contributed by atoms with E-state index in [1.165, 1.54) is 0 Å². The Balaban J connectivity index is 1.57. The molecule has 4 aromatic rings. The second-order valence-electron chi connectivity index (χ2n) is 11.7. The van der Waals surface area contributed by atoms with E-state index in [2.05, 4.69) is 45.1 Å². The average molecular weight is 635 g/mol. The van der Waals surface area contributed by atoms with Crippen molar-refractivity contribution in [3.8, 4) is 0 Å². The Morgan fingerprint density at radius 2 is 1.68 bits per heavy atom. The van der Waals surface area contributed by atoms with Crippen LogP contribution in [-0.2, 0) is 4.79 Å². The molecule has 0 saturated carbocycles. The fourth-order valence-corrected chi connectivity index (χ4v) is 5.52. The minimum Gasteiger partial charge on any atom is -0.386 e. The summed E-state index contributed by atoms with van der Waals surface area (Å²) >= 11 is 0. The number of amides is 2. The number of para-hydroxylation sites is 1. The standard InChI is InChI=1S/C38H46N6O3/c1-7-8-20-44(6)21-19-40-38(47)35-26(3)34(41-27(35)4)22-29(24-45)31-15-12-16-32(36(31)39-5)43-33-23-30(18-17-25(33)2)42-37(46)28-13-10-9-11-14-28/h9-18,22-24,39,41,43H,7-8,19-21H2,1-6H3,(H,40,47)(H,42,46)/b29-22+. The molecule has 0 fully saturated rings. The van der Waals surface area contributed by atoms with Gasteiger partial charge in [0.1, 0.15) is 0 Å². The lowest BCUT2D eigenvalue weighted by atomic mass is 10.0. The Bertz CT molecular complexity index is 1740. The van der Waals surface area contributed by atoms with E-state index in [4.69, 9.17) is 0 Å². The number of unbranched alkanes of at least 4 members (excludes halogenated alkanes) is 1. The van der Waals surface area contributed by atoms with Crippen molar-refractivity contribution in [2.75, 3.05) is 49.7 Å². The quantitative estimate of drug-likeness (QED) is 0.0699. The maximum Gasteiger partial charge on any atom is 0.255 e. The number of rotatable bonds is 15. The Morgan fingerprint density at radius 3 is 2.38 bits per heavy atom. The second kappa shape index (κ2) is 16.4. The number of aldehydes is 1. The zero-order chi connectivity index (χ0) is 33.9. The molecule has 0 bridgehead atoms. The van der Waals surface area contributed by atoms with Gasteiger partial charge in [-0.15, -0.1) is 0 Å². The molecule has 47 heavy (non-hydrogen) atoms. The number of nitrogens with one attached hydrogen (secondary N) is 5. The van der Waals surface area contributed by atoms with Crippen LogP contribution in [-0.4, -0.2) is 61.7 Å². The fourth-order valence-electron chi connectivity index (χ4n) is 5.52. The predicted octanol–water partition coefficient (Wildman–Crippen LogP) is 7.18. The summed E-state index contributed by atoms with van der Waals surface area (Å²) in [6.07, 6.45) is 4.88. The predicted molar refractivity (Wildman–Crippen MR) is 194 cm³/mol. The van der Waals surface area contributed by atoms with Gasteiger partial charge in [-0.2, -0.15) is 0 Å². The number of carbonyl (C=O) groups excluding carboxylic acids is 3. The molecular weight excluding hydrogens is 588 g/mol. The summed E-state index contributed by atoms with van der Waals surface area (Å²) in [6.45, 7) is 10.3. The van der Waals surface area contributed by atoms with Gasteiger partial charge in [0.05, 0.1) is 16.9 Å². The summed E-state index contributed by atoms with van der Waals surface area (Å²) in [5.74, 6) is -0.323. The molecule has 246 valence electrons. The highest BCUT2D eigenvalue weighted by Gasteiger charge is 2.19. The maximum atomic E-state index is 13.1. The van der Waals surface area contributed by atoms with Gasteiger partial charge in [0.25, 0.3) is 11.8 Å². The van der Waals surface area contributed by atoms with Crippen LogP contribution in [0.2, 0.25) is 0 Å². The van der Waals surface area contributed by atoms with Crippen molar-refractivity contribution in [1.29, 1.82) is 0 Å². The number of hydrogen-bond donors (Lipinski definition) is 5. The topological polar surface area (TPSA) is 118 Å². The summed E-state index contributed by atoms with van der Waals surface area (Å²) in [6, 6.07) is 20.5. The Labute approximate surface area is 277 Å². The first-order chi connectivity index (χ1) is 22.7. The van der Waals surface area contributed by atoms with Crippen molar-refractivity contribution in [2.24, 2.45) is 0 Å². The van der Waals surface area contributed by atoms with E-state index >= 15 is 0 Å². The number of hydrogen-bond acceptors (Lipinski definition) is 6. The van der Waals surface area contributed by atoms with Gasteiger partial charge in [0, 0.05) is 59.6 Å². The molecule has 0 aliphatic heterocycles. The van der Waals surface area contributed by atoms with Crippen molar-refractivity contribution < 1.29 is 14.4 Å². The van der Waals surface area contributed by atoms with Crippen LogP contribution in [0.5, 0.6) is 0 Å². The maximum absolute atomic E-state index is 13.1. The molecule has 0 spiro atoms. The van der Waals surface area contributed by atoms with Crippen LogP contribution in [0.4, 0.5) is 22.7 Å². The number of aromatic amines is 1. The molecule has 0 aliphatic rings. The van der Waals surface area contributed by atoms with E-state index < -0.39 is 0 Å². The lowest BCUT2D eigenvalue weighted by Gasteiger charge is -2.18. The average Bonchev–Trinajstić information content (AvgIpc) is 3.36. The van der Waals surface area contributed by atoms with Crippen molar-refractivity contribution >= 4 is 52.5 Å². The number of allylic oxidation sites excluding steroid dienone is 1. The number of carbonyl (C=O) groups is 3. The molecule has 0 atom stereocenters. The molecular formula is C38H46N6O3. The van der Waals surface area contributed by atoms with E-state index in [1.807, 2.05) is 82.4 Å². The fraction of sp³-hybridized carbons (Fsp3) is 0.289. The highest BCUT2D eigenvalue weighted by molar-refractivity contribution is 6.16. The summed E-state index contributed by atoms with van der Waals surface area (Å²) in [4.78, 5) is 43.9. The first-order valence-electron chi connectivity index (χ1n) is 16.0. The second-order valence-corrected chi connectivity index (χ2v) is 11.7. The van der Waals surface area contributed by atoms with Gasteiger partial charge in [-0.3, -0.25) is 14.4 Å². The third-order valence-corrected chi connectivity index (χ3v) is 8.23. The lowest BCUT2D eigenvalue weighted by molar-refractivity contribution is -0.103. The zero-order valence-electron chi connectivity index (χ0n) is 28.2. The number of aryl methyl sites for hydroxylation is 2. The largest absolute Gasteiger partial charge is 0.386 e. The molecule has 5 N–H and O–H groups in total. The Hall–Kier alpha value is -5.15. The number of anilines is 4. The van der Waals surface area contributed by atoms with Crippen LogP contribution in [0.3, 0.4) is 0 Å². The van der Waals surface area contributed by atoms with Gasteiger partial charge in [-0.25, -0.2) is 0 Å². The Kier molecular flexibility index (Phi) is 12.1. The van der Waals surface area contributed by atoms with Gasteiger partial charge in [0.2, 0.25) is 0 Å². The van der Waals surface area contributed by atoms with Gasteiger partial charge in [-0.1, -0.05) is 49.7 Å². The van der Waals surface area contributed by atoms with E-state index in [-0.39, 0.29) is 11.8 Å². The van der Waals surface area contributed by atoms with Gasteiger partial charge >= 0.3 is 0 Å². The number of benzene rings is 3. The number of H-pyrrole nitrogens is 1. The molecule has 3 aromatic carbocycles. The molecule has 0 saturated heterocycles. The summed E-state index contributed by atoms with van der Waals surface area (Å²) < 4.78 is 0. The van der Waals surface area contributed by atoms with Crippen molar-refractivity contribution in [3.05, 3.63) is 106 Å². The molecule has 0 unspecified atom stereocenters. The highest BCUT2D eigenvalue weighted by atomic mass is 16.2. The smallest absolute Gasteiger partial charge is 0.255 e. The lowest BCUT2D eigenvalue weighted by Crippen LogP contribution is -2.33. The van der Waals surface area contributed by atoms with Crippen LogP contribution in [0.15, 0.2) is 66.7 Å². The molecule has 2 amide bonds. The molecule has 0 radical (unpaired) electrons. The molecule has 1 aromatic heterocycles. The minimum atomic E-state index is -0.190. The van der Waals surface area contributed by atoms with Crippen molar-refractivity contribution in [2.45, 2.75) is 40.5 Å². The zero-order valence-corrected chi connectivity index (χ0v) is 28.2. The molecule has 4 rings (SSSR count). The monoisotopic (exact) mass is 634 g/mol. The third-order valence-electron chi connectivity index (χ3n) is 8.23.